The second-order valence-corrected chi connectivity index (χ2v) is 7.26. The summed E-state index contributed by atoms with van der Waals surface area (Å²) in [6, 6.07) is 3.12. The first-order valence-electron chi connectivity index (χ1n) is 9.36. The molecule has 2 fully saturated rings. The molecule has 0 saturated carbocycles. The number of nitrogens with zero attached hydrogens (tertiary/aromatic N) is 3. The molecule has 0 aromatic carbocycles. The predicted octanol–water partition coefficient (Wildman–Crippen LogP) is 0.794. The maximum Gasteiger partial charge on any atom is 0.255 e. The Labute approximate surface area is 156 Å². The van der Waals surface area contributed by atoms with Gasteiger partial charge in [-0.3, -0.25) is 14.4 Å². The first-order chi connectivity index (χ1) is 13.1. The van der Waals surface area contributed by atoms with Crippen LogP contribution in [0.2, 0.25) is 0 Å². The third kappa shape index (κ3) is 3.65. The van der Waals surface area contributed by atoms with Crippen LogP contribution in [0.15, 0.2) is 35.6 Å². The number of carbonyl (C=O) groups excluding carboxylic acids is 2. The number of likely N-dealkylation sites (tertiary alicyclic amines) is 2. The van der Waals surface area contributed by atoms with E-state index < -0.39 is 0 Å². The van der Waals surface area contributed by atoms with Crippen LogP contribution < -0.4 is 5.56 Å². The molecule has 2 saturated heterocycles. The summed E-state index contributed by atoms with van der Waals surface area (Å²) in [5.74, 6) is 0.437. The molecule has 2 aliphatic rings. The van der Waals surface area contributed by atoms with Gasteiger partial charge in [0.15, 0.2) is 0 Å². The molecule has 0 radical (unpaired) electrons. The quantitative estimate of drug-likeness (QED) is 0.832. The topological polar surface area (TPSA) is 102 Å². The average molecular weight is 369 g/mol. The van der Waals surface area contributed by atoms with E-state index in [0.29, 0.717) is 37.5 Å². The Hall–Kier alpha value is -2.90. The van der Waals surface area contributed by atoms with Crippen LogP contribution >= 0.6 is 0 Å². The monoisotopic (exact) mass is 369 g/mol. The Morgan fingerprint density at radius 2 is 2.11 bits per heavy atom. The van der Waals surface area contributed by atoms with Gasteiger partial charge in [0.05, 0.1) is 11.9 Å². The van der Waals surface area contributed by atoms with Gasteiger partial charge in [-0.2, -0.15) is 0 Å². The van der Waals surface area contributed by atoms with Crippen LogP contribution in [0.1, 0.15) is 35.3 Å². The molecule has 2 aromatic rings. The lowest BCUT2D eigenvalue weighted by molar-refractivity contribution is -0.140. The van der Waals surface area contributed by atoms with Gasteiger partial charge >= 0.3 is 0 Å². The van der Waals surface area contributed by atoms with Crippen molar-refractivity contribution >= 4 is 11.8 Å². The highest BCUT2D eigenvalue weighted by Gasteiger charge is 2.40. The number of nitrogens with one attached hydrogen (secondary N) is 2. The van der Waals surface area contributed by atoms with Crippen molar-refractivity contribution in [1.82, 2.24) is 24.8 Å². The van der Waals surface area contributed by atoms with Crippen molar-refractivity contribution in [3.63, 3.8) is 0 Å². The van der Waals surface area contributed by atoms with Gasteiger partial charge in [0.2, 0.25) is 11.5 Å². The van der Waals surface area contributed by atoms with Gasteiger partial charge in [0, 0.05) is 62.7 Å². The first kappa shape index (κ1) is 17.5. The average Bonchev–Trinajstić information content (AvgIpc) is 3.20. The Morgan fingerprint density at radius 1 is 1.22 bits per heavy atom. The number of aromatic nitrogens is 3. The molecule has 8 nitrogen and oxygen atoms in total. The molecule has 2 amide bonds. The number of pyridine rings is 1. The number of piperidine rings is 2. The van der Waals surface area contributed by atoms with Crippen molar-refractivity contribution < 1.29 is 9.59 Å². The summed E-state index contributed by atoms with van der Waals surface area (Å²) in [7, 11) is 0. The summed E-state index contributed by atoms with van der Waals surface area (Å²) in [5.41, 5.74) is 1.30. The van der Waals surface area contributed by atoms with E-state index in [1.165, 1.54) is 12.3 Å². The zero-order chi connectivity index (χ0) is 18.8. The summed E-state index contributed by atoms with van der Waals surface area (Å²) in [4.78, 5) is 49.9. The van der Waals surface area contributed by atoms with Crippen molar-refractivity contribution in [3.05, 3.63) is 52.5 Å². The number of fused-ring (bicyclic) bond motifs is 1. The van der Waals surface area contributed by atoms with Crippen LogP contribution in [0.25, 0.3) is 0 Å². The lowest BCUT2D eigenvalue weighted by atomic mass is 9.83. The van der Waals surface area contributed by atoms with Gasteiger partial charge < -0.3 is 19.8 Å². The summed E-state index contributed by atoms with van der Waals surface area (Å²) in [5, 5.41) is 0. The third-order valence-electron chi connectivity index (χ3n) is 5.64. The van der Waals surface area contributed by atoms with E-state index >= 15 is 0 Å². The van der Waals surface area contributed by atoms with Crippen molar-refractivity contribution in [1.29, 1.82) is 0 Å². The highest BCUT2D eigenvalue weighted by atomic mass is 16.2. The number of rotatable bonds is 4. The number of H-pyrrole nitrogens is 2. The van der Waals surface area contributed by atoms with E-state index in [1.807, 2.05) is 9.80 Å². The molecule has 2 unspecified atom stereocenters. The SMILES string of the molecule is O=C(c1ccc(=O)[nH]c1)N1CCC2C(CCC(=O)N2CCc2cnc[nH]2)C1. The van der Waals surface area contributed by atoms with Gasteiger partial charge in [-0.15, -0.1) is 0 Å². The number of amides is 2. The molecule has 142 valence electrons. The fourth-order valence-corrected chi connectivity index (χ4v) is 4.21. The summed E-state index contributed by atoms with van der Waals surface area (Å²) >= 11 is 0. The Bertz CT molecular complexity index is 855. The number of hydrogen-bond donors (Lipinski definition) is 2. The maximum absolute atomic E-state index is 12.7. The molecular weight excluding hydrogens is 346 g/mol. The molecule has 0 spiro atoms. The molecular formula is C19H23N5O3. The Balaban J connectivity index is 1.42. The zero-order valence-electron chi connectivity index (χ0n) is 15.1. The number of hydrogen-bond acceptors (Lipinski definition) is 4. The minimum atomic E-state index is -0.219. The van der Waals surface area contributed by atoms with Crippen LogP contribution in [0.3, 0.4) is 0 Å². The van der Waals surface area contributed by atoms with Gasteiger partial charge in [0.1, 0.15) is 0 Å². The molecule has 2 N–H and O–H groups in total. The van der Waals surface area contributed by atoms with Gasteiger partial charge in [0.25, 0.3) is 5.91 Å². The first-order valence-corrected chi connectivity index (χ1v) is 9.36. The van der Waals surface area contributed by atoms with E-state index in [2.05, 4.69) is 15.0 Å². The zero-order valence-corrected chi connectivity index (χ0v) is 15.1. The highest BCUT2D eigenvalue weighted by Crippen LogP contribution is 2.32. The lowest BCUT2D eigenvalue weighted by Crippen LogP contribution is -2.57. The lowest BCUT2D eigenvalue weighted by Gasteiger charge is -2.47. The van der Waals surface area contributed by atoms with E-state index in [0.717, 1.165) is 25.0 Å². The van der Waals surface area contributed by atoms with Crippen molar-refractivity contribution in [2.24, 2.45) is 5.92 Å². The van der Waals surface area contributed by atoms with Gasteiger partial charge in [-0.1, -0.05) is 0 Å². The molecule has 4 rings (SSSR count). The van der Waals surface area contributed by atoms with E-state index in [9.17, 15) is 14.4 Å². The Morgan fingerprint density at radius 3 is 2.85 bits per heavy atom. The highest BCUT2D eigenvalue weighted by molar-refractivity contribution is 5.94. The summed E-state index contributed by atoms with van der Waals surface area (Å²) in [6.07, 6.45) is 7.81. The van der Waals surface area contributed by atoms with Crippen molar-refractivity contribution in [2.45, 2.75) is 31.7 Å². The van der Waals surface area contributed by atoms with Crippen LogP contribution in [-0.2, 0) is 11.2 Å². The van der Waals surface area contributed by atoms with Crippen LogP contribution in [0.5, 0.6) is 0 Å². The molecule has 4 heterocycles. The normalized spacial score (nSPS) is 22.6. The number of aromatic amines is 2. The minimum absolute atomic E-state index is 0.0643. The maximum atomic E-state index is 12.7. The predicted molar refractivity (Wildman–Crippen MR) is 98.1 cm³/mol. The molecule has 27 heavy (non-hydrogen) atoms. The molecule has 2 aliphatic heterocycles. The number of carbonyl (C=O) groups is 2. The second-order valence-electron chi connectivity index (χ2n) is 7.26. The minimum Gasteiger partial charge on any atom is -0.348 e. The Kier molecular flexibility index (Phi) is 4.79. The molecule has 0 aliphatic carbocycles. The smallest absolute Gasteiger partial charge is 0.255 e. The van der Waals surface area contributed by atoms with Gasteiger partial charge in [-0.25, -0.2) is 4.98 Å². The standard InChI is InChI=1S/C19H23N5O3/c25-17-3-1-13(9-21-17)19(27)23-7-6-16-14(11-23)2-4-18(26)24(16)8-5-15-10-20-12-22-15/h1,3,9-10,12,14,16H,2,4-8,11H2,(H,20,22)(H,21,25). The largest absolute Gasteiger partial charge is 0.348 e. The van der Waals surface area contributed by atoms with E-state index in [4.69, 9.17) is 0 Å². The number of imidazole rings is 1. The molecule has 0 bridgehead atoms. The van der Waals surface area contributed by atoms with Gasteiger partial charge in [-0.05, 0) is 24.8 Å². The molecule has 2 atom stereocenters. The van der Waals surface area contributed by atoms with E-state index in [1.54, 1.807) is 18.6 Å². The van der Waals surface area contributed by atoms with Crippen LogP contribution in [0.4, 0.5) is 0 Å². The van der Waals surface area contributed by atoms with E-state index in [-0.39, 0.29) is 23.4 Å². The summed E-state index contributed by atoms with van der Waals surface area (Å²) in [6.45, 7) is 1.94. The molecule has 2 aromatic heterocycles. The van der Waals surface area contributed by atoms with Crippen molar-refractivity contribution in [2.75, 3.05) is 19.6 Å². The van der Waals surface area contributed by atoms with Crippen LogP contribution in [-0.4, -0.2) is 62.2 Å². The summed E-state index contributed by atoms with van der Waals surface area (Å²) < 4.78 is 0. The third-order valence-corrected chi connectivity index (χ3v) is 5.64. The fraction of sp³-hybridized carbons (Fsp3) is 0.474. The van der Waals surface area contributed by atoms with Crippen molar-refractivity contribution in [3.8, 4) is 0 Å². The molecule has 8 heteroatoms. The van der Waals surface area contributed by atoms with Crippen LogP contribution in [0, 0.1) is 5.92 Å². The second kappa shape index (κ2) is 7.38. The fourth-order valence-electron chi connectivity index (χ4n) is 4.21.